The first-order valence-corrected chi connectivity index (χ1v) is 4.79. The molecule has 1 aromatic rings. The minimum absolute atomic E-state index is 0.0544. The fourth-order valence-electron chi connectivity index (χ4n) is 0.743. The first kappa shape index (κ1) is 10.5. The van der Waals surface area contributed by atoms with Crippen molar-refractivity contribution < 1.29 is 8.78 Å². The summed E-state index contributed by atoms with van der Waals surface area (Å²) in [4.78, 5) is 0. The van der Waals surface area contributed by atoms with E-state index in [1.807, 2.05) is 0 Å². The van der Waals surface area contributed by atoms with E-state index in [1.54, 1.807) is 22.6 Å². The van der Waals surface area contributed by atoms with E-state index < -0.39 is 6.43 Å². The molecule has 0 bridgehead atoms. The number of halogens is 5. The standard InChI is InChI=1S/C7H3Cl2F2I/c8-3-1-2-4(9)6(12)5(3)7(10)11/h1-2,7H. The second-order valence-electron chi connectivity index (χ2n) is 2.06. The van der Waals surface area contributed by atoms with E-state index in [2.05, 4.69) is 0 Å². The molecule has 1 rings (SSSR count). The average Bonchev–Trinajstić information content (AvgIpc) is 1.97. The van der Waals surface area contributed by atoms with Gasteiger partial charge in [0.05, 0.1) is 15.6 Å². The van der Waals surface area contributed by atoms with Gasteiger partial charge in [-0.25, -0.2) is 8.78 Å². The Morgan fingerprint density at radius 1 is 1.17 bits per heavy atom. The zero-order chi connectivity index (χ0) is 9.30. The van der Waals surface area contributed by atoms with Crippen molar-refractivity contribution in [1.82, 2.24) is 0 Å². The molecule has 5 heteroatoms. The molecule has 0 aliphatic carbocycles. The van der Waals surface area contributed by atoms with Crippen molar-refractivity contribution in [3.8, 4) is 0 Å². The predicted octanol–water partition coefficient (Wildman–Crippen LogP) is 4.54. The number of benzene rings is 1. The van der Waals surface area contributed by atoms with E-state index in [1.165, 1.54) is 12.1 Å². The molecule has 0 saturated heterocycles. The molecular formula is C7H3Cl2F2I. The normalized spacial score (nSPS) is 10.8. The van der Waals surface area contributed by atoms with Crippen LogP contribution in [0.25, 0.3) is 0 Å². The highest BCUT2D eigenvalue weighted by atomic mass is 127. The van der Waals surface area contributed by atoms with Crippen LogP contribution < -0.4 is 0 Å². The van der Waals surface area contributed by atoms with Gasteiger partial charge in [-0.15, -0.1) is 0 Å². The van der Waals surface area contributed by atoms with Crippen molar-refractivity contribution in [2.45, 2.75) is 6.43 Å². The third-order valence-electron chi connectivity index (χ3n) is 1.30. The monoisotopic (exact) mass is 322 g/mol. The van der Waals surface area contributed by atoms with Crippen LogP contribution in [0.5, 0.6) is 0 Å². The molecule has 0 spiro atoms. The van der Waals surface area contributed by atoms with Crippen molar-refractivity contribution in [2.24, 2.45) is 0 Å². The van der Waals surface area contributed by atoms with Crippen LogP contribution in [0, 0.1) is 3.57 Å². The van der Waals surface area contributed by atoms with Gasteiger partial charge in [-0.05, 0) is 34.7 Å². The Morgan fingerprint density at radius 2 is 1.67 bits per heavy atom. The molecule has 66 valence electrons. The maximum Gasteiger partial charge on any atom is 0.266 e. The molecule has 0 aliphatic heterocycles. The lowest BCUT2D eigenvalue weighted by atomic mass is 10.2. The van der Waals surface area contributed by atoms with Gasteiger partial charge in [0.2, 0.25) is 0 Å². The summed E-state index contributed by atoms with van der Waals surface area (Å²) in [6, 6.07) is 2.87. The van der Waals surface area contributed by atoms with Crippen LogP contribution in [0.1, 0.15) is 12.0 Å². The summed E-state index contributed by atoms with van der Waals surface area (Å²) in [5.41, 5.74) is -0.190. The Kier molecular flexibility index (Phi) is 3.55. The van der Waals surface area contributed by atoms with Gasteiger partial charge in [0.15, 0.2) is 0 Å². The molecule has 0 amide bonds. The lowest BCUT2D eigenvalue weighted by molar-refractivity contribution is 0.150. The van der Waals surface area contributed by atoms with Crippen LogP contribution in [0.2, 0.25) is 10.0 Å². The summed E-state index contributed by atoms with van der Waals surface area (Å²) in [5.74, 6) is 0. The fourth-order valence-corrected chi connectivity index (χ4v) is 2.01. The average molecular weight is 323 g/mol. The molecule has 0 aliphatic rings. The largest absolute Gasteiger partial charge is 0.266 e. The summed E-state index contributed by atoms with van der Waals surface area (Å²) >= 11 is 12.9. The zero-order valence-corrected chi connectivity index (χ0v) is 9.29. The van der Waals surface area contributed by atoms with E-state index in [-0.39, 0.29) is 10.6 Å². The Morgan fingerprint density at radius 3 is 2.08 bits per heavy atom. The number of hydrogen-bond donors (Lipinski definition) is 0. The third-order valence-corrected chi connectivity index (χ3v) is 3.42. The van der Waals surface area contributed by atoms with Crippen molar-refractivity contribution in [2.75, 3.05) is 0 Å². The number of hydrogen-bond acceptors (Lipinski definition) is 0. The molecule has 0 saturated carbocycles. The van der Waals surface area contributed by atoms with E-state index in [0.29, 0.717) is 8.59 Å². The first-order chi connectivity index (χ1) is 5.54. The van der Waals surface area contributed by atoms with Crippen LogP contribution in [0.3, 0.4) is 0 Å². The molecule has 0 radical (unpaired) electrons. The van der Waals surface area contributed by atoms with Crippen LogP contribution in [-0.2, 0) is 0 Å². The van der Waals surface area contributed by atoms with Gasteiger partial charge in [-0.3, -0.25) is 0 Å². The maximum absolute atomic E-state index is 12.3. The van der Waals surface area contributed by atoms with Crippen molar-refractivity contribution in [3.05, 3.63) is 31.3 Å². The highest BCUT2D eigenvalue weighted by molar-refractivity contribution is 14.1. The van der Waals surface area contributed by atoms with Gasteiger partial charge in [0.1, 0.15) is 0 Å². The number of rotatable bonds is 1. The van der Waals surface area contributed by atoms with Crippen molar-refractivity contribution in [1.29, 1.82) is 0 Å². The van der Waals surface area contributed by atoms with Gasteiger partial charge in [0, 0.05) is 3.57 Å². The van der Waals surface area contributed by atoms with Gasteiger partial charge in [0.25, 0.3) is 6.43 Å². The first-order valence-electron chi connectivity index (χ1n) is 2.95. The van der Waals surface area contributed by atoms with E-state index in [9.17, 15) is 8.78 Å². The minimum atomic E-state index is -2.58. The minimum Gasteiger partial charge on any atom is -0.205 e. The molecule has 0 nitrogen and oxygen atoms in total. The zero-order valence-electron chi connectivity index (χ0n) is 5.62. The molecule has 0 heterocycles. The number of alkyl halides is 2. The molecule has 0 N–H and O–H groups in total. The topological polar surface area (TPSA) is 0 Å². The summed E-state index contributed by atoms with van der Waals surface area (Å²) in [5, 5.41) is 0.356. The smallest absolute Gasteiger partial charge is 0.205 e. The highest BCUT2D eigenvalue weighted by Crippen LogP contribution is 2.34. The van der Waals surface area contributed by atoms with Gasteiger partial charge < -0.3 is 0 Å². The molecule has 0 unspecified atom stereocenters. The van der Waals surface area contributed by atoms with Crippen molar-refractivity contribution in [3.63, 3.8) is 0 Å². The van der Waals surface area contributed by atoms with E-state index in [0.717, 1.165) is 0 Å². The second-order valence-corrected chi connectivity index (χ2v) is 3.95. The van der Waals surface area contributed by atoms with Crippen molar-refractivity contribution >= 4 is 45.8 Å². The van der Waals surface area contributed by atoms with Gasteiger partial charge in [-0.1, -0.05) is 23.2 Å². The van der Waals surface area contributed by atoms with E-state index in [4.69, 9.17) is 23.2 Å². The maximum atomic E-state index is 12.3. The summed E-state index contributed by atoms with van der Waals surface area (Å²) in [6.07, 6.45) is -2.58. The molecule has 0 fully saturated rings. The Bertz CT molecular complexity index is 302. The lowest BCUT2D eigenvalue weighted by Gasteiger charge is -2.06. The Labute approximate surface area is 92.0 Å². The van der Waals surface area contributed by atoms with Crippen LogP contribution in [0.4, 0.5) is 8.78 Å². The second kappa shape index (κ2) is 4.07. The van der Waals surface area contributed by atoms with E-state index >= 15 is 0 Å². The molecule has 0 atom stereocenters. The fraction of sp³-hybridized carbons (Fsp3) is 0.143. The van der Waals surface area contributed by atoms with Crippen LogP contribution >= 0.6 is 45.8 Å². The van der Waals surface area contributed by atoms with Crippen LogP contribution in [-0.4, -0.2) is 0 Å². The summed E-state index contributed by atoms with van der Waals surface area (Å²) < 4.78 is 25.0. The third kappa shape index (κ3) is 2.00. The lowest BCUT2D eigenvalue weighted by Crippen LogP contribution is -1.91. The Hall–Kier alpha value is 0.390. The molecular weight excluding hydrogens is 320 g/mol. The SMILES string of the molecule is FC(F)c1c(Cl)ccc(Cl)c1I. The predicted molar refractivity (Wildman–Crippen MR) is 54.1 cm³/mol. The molecule has 12 heavy (non-hydrogen) atoms. The van der Waals surface area contributed by atoms with Crippen LogP contribution in [0.15, 0.2) is 12.1 Å². The molecule has 1 aromatic carbocycles. The van der Waals surface area contributed by atoms with Gasteiger partial charge in [-0.2, -0.15) is 0 Å². The summed E-state index contributed by atoms with van der Waals surface area (Å²) in [6.45, 7) is 0. The van der Waals surface area contributed by atoms with Gasteiger partial charge >= 0.3 is 0 Å². The highest BCUT2D eigenvalue weighted by Gasteiger charge is 2.17. The quantitative estimate of drug-likeness (QED) is 0.526. The summed E-state index contributed by atoms with van der Waals surface area (Å²) in [7, 11) is 0. The Balaban J connectivity index is 3.33. The molecule has 0 aromatic heterocycles.